The predicted molar refractivity (Wildman–Crippen MR) is 132 cm³/mol. The van der Waals surface area contributed by atoms with Gasteiger partial charge in [-0.15, -0.1) is 0 Å². The smallest absolute Gasteiger partial charge is 0.375 e. The molecule has 1 saturated carbocycles. The van der Waals surface area contributed by atoms with Crippen LogP contribution in [-0.4, -0.2) is 28.2 Å². The van der Waals surface area contributed by atoms with E-state index in [1.165, 1.54) is 51.3 Å². The van der Waals surface area contributed by atoms with Crippen LogP contribution in [0.3, 0.4) is 0 Å². The first-order valence-electron chi connectivity index (χ1n) is 10.9. The van der Waals surface area contributed by atoms with Crippen LogP contribution >= 0.6 is 35.0 Å². The van der Waals surface area contributed by atoms with Crippen LogP contribution in [0.4, 0.5) is 5.82 Å². The number of benzene rings is 1. The quantitative estimate of drug-likeness (QED) is 0.351. The summed E-state index contributed by atoms with van der Waals surface area (Å²) in [6.07, 6.45) is 6.45. The number of halogens is 2. The van der Waals surface area contributed by atoms with Crippen LogP contribution in [0.15, 0.2) is 40.9 Å². The minimum absolute atomic E-state index is 0.141. The molecule has 1 N–H and O–H groups in total. The van der Waals surface area contributed by atoms with E-state index in [4.69, 9.17) is 32.4 Å². The number of esters is 1. The van der Waals surface area contributed by atoms with E-state index in [9.17, 15) is 9.59 Å². The van der Waals surface area contributed by atoms with Crippen LogP contribution in [0.1, 0.15) is 55.1 Å². The lowest BCUT2D eigenvalue weighted by Gasteiger charge is -2.20. The molecular weight excluding hydrogens is 483 g/mol. The van der Waals surface area contributed by atoms with Gasteiger partial charge in [0.1, 0.15) is 5.58 Å². The molecule has 0 bridgehead atoms. The molecule has 9 heteroatoms. The van der Waals surface area contributed by atoms with Gasteiger partial charge in [-0.25, -0.2) is 9.78 Å². The molecule has 0 unspecified atom stereocenters. The molecule has 1 atom stereocenters. The molecule has 1 amide bonds. The van der Waals surface area contributed by atoms with Crippen molar-refractivity contribution in [2.75, 3.05) is 5.32 Å². The van der Waals surface area contributed by atoms with E-state index in [0.717, 1.165) is 10.9 Å². The van der Waals surface area contributed by atoms with Crippen LogP contribution in [0.25, 0.3) is 11.0 Å². The zero-order valence-electron chi connectivity index (χ0n) is 18.1. The van der Waals surface area contributed by atoms with E-state index in [2.05, 4.69) is 10.3 Å². The average Bonchev–Trinajstić information content (AvgIpc) is 3.19. The number of pyridine rings is 1. The lowest BCUT2D eigenvalue weighted by molar-refractivity contribution is -0.123. The van der Waals surface area contributed by atoms with Crippen LogP contribution in [0.2, 0.25) is 10.0 Å². The number of hydrogen-bond acceptors (Lipinski definition) is 6. The molecular formula is C24H24Cl2N2O4S. The number of ether oxygens (including phenoxy) is 1. The number of carbonyl (C=O) groups is 2. The molecule has 3 aromatic rings. The first-order chi connectivity index (χ1) is 15.9. The number of nitrogens with zero attached hydrogens (tertiary/aromatic N) is 1. The van der Waals surface area contributed by atoms with Gasteiger partial charge >= 0.3 is 5.97 Å². The number of thioether (sulfide) groups is 1. The normalized spacial score (nSPS) is 15.4. The van der Waals surface area contributed by atoms with E-state index < -0.39 is 18.0 Å². The second-order valence-electron chi connectivity index (χ2n) is 8.00. The van der Waals surface area contributed by atoms with Crippen molar-refractivity contribution in [2.45, 2.75) is 56.1 Å². The maximum absolute atomic E-state index is 13.0. The van der Waals surface area contributed by atoms with Gasteiger partial charge in [-0.05, 0) is 31.9 Å². The Hall–Kier alpha value is -2.22. The van der Waals surface area contributed by atoms with Crippen LogP contribution in [-0.2, 0) is 15.3 Å². The van der Waals surface area contributed by atoms with Gasteiger partial charge in [0.05, 0.1) is 10.0 Å². The summed E-state index contributed by atoms with van der Waals surface area (Å²) in [5.74, 6) is -0.307. The summed E-state index contributed by atoms with van der Waals surface area (Å²) in [4.78, 5) is 29.5. The van der Waals surface area contributed by atoms with Gasteiger partial charge in [-0.1, -0.05) is 60.7 Å². The highest BCUT2D eigenvalue weighted by Crippen LogP contribution is 2.35. The number of nitrogens with one attached hydrogen (secondary N) is 1. The summed E-state index contributed by atoms with van der Waals surface area (Å²) in [5.41, 5.74) is 1.43. The summed E-state index contributed by atoms with van der Waals surface area (Å²) < 4.78 is 11.3. The Morgan fingerprint density at radius 2 is 2.00 bits per heavy atom. The molecule has 4 rings (SSSR count). The molecule has 0 aliphatic heterocycles. The van der Waals surface area contributed by atoms with Gasteiger partial charge in [0.25, 0.3) is 5.91 Å². The van der Waals surface area contributed by atoms with Gasteiger partial charge < -0.3 is 14.5 Å². The first-order valence-corrected chi connectivity index (χ1v) is 12.7. The third kappa shape index (κ3) is 5.83. The Balaban J connectivity index is 1.47. The zero-order valence-corrected chi connectivity index (χ0v) is 20.4. The number of carbonyl (C=O) groups excluding carboxylic acids is 2. The summed E-state index contributed by atoms with van der Waals surface area (Å²) >= 11 is 13.7. The Morgan fingerprint density at radius 3 is 2.76 bits per heavy atom. The van der Waals surface area contributed by atoms with Crippen molar-refractivity contribution in [1.82, 2.24) is 4.98 Å². The van der Waals surface area contributed by atoms with Crippen molar-refractivity contribution < 1.29 is 18.7 Å². The highest BCUT2D eigenvalue weighted by Gasteiger charge is 2.27. The Bertz CT molecular complexity index is 1160. The molecule has 2 heterocycles. The first kappa shape index (κ1) is 23.9. The third-order valence-corrected chi connectivity index (χ3v) is 7.49. The van der Waals surface area contributed by atoms with Gasteiger partial charge in [0.15, 0.2) is 11.9 Å². The molecule has 0 saturated heterocycles. The van der Waals surface area contributed by atoms with Gasteiger partial charge in [-0.2, -0.15) is 11.8 Å². The number of aromatic nitrogens is 1. The molecule has 1 fully saturated rings. The van der Waals surface area contributed by atoms with Crippen molar-refractivity contribution in [3.05, 3.63) is 57.9 Å². The fourth-order valence-corrected chi connectivity index (χ4v) is 5.62. The largest absolute Gasteiger partial charge is 0.449 e. The molecule has 2 aromatic heterocycles. The maximum Gasteiger partial charge on any atom is 0.375 e. The average molecular weight is 507 g/mol. The molecule has 174 valence electrons. The third-order valence-electron chi connectivity index (χ3n) is 5.60. The highest BCUT2D eigenvalue weighted by atomic mass is 35.5. The number of para-hydroxylation sites is 1. The zero-order chi connectivity index (χ0) is 23.4. The number of amides is 1. The second-order valence-corrected chi connectivity index (χ2v) is 10.1. The number of hydrogen-bond donors (Lipinski definition) is 1. The fourth-order valence-electron chi connectivity index (χ4n) is 3.83. The molecule has 1 aliphatic rings. The second kappa shape index (κ2) is 10.8. The number of furan rings is 1. The van der Waals surface area contributed by atoms with E-state index in [0.29, 0.717) is 21.6 Å². The summed E-state index contributed by atoms with van der Waals surface area (Å²) in [6.45, 7) is 1.48. The van der Waals surface area contributed by atoms with E-state index in [1.54, 1.807) is 0 Å². The van der Waals surface area contributed by atoms with Crippen LogP contribution in [0, 0.1) is 0 Å². The SMILES string of the molecule is C[C@@H](OC(=O)c1oc2ccccc2c1CSC1CCCCC1)C(=O)Nc1ncc(Cl)cc1Cl. The van der Waals surface area contributed by atoms with Crippen molar-refractivity contribution in [3.63, 3.8) is 0 Å². The lowest BCUT2D eigenvalue weighted by Crippen LogP contribution is -2.30. The van der Waals surface area contributed by atoms with E-state index in [-0.39, 0.29) is 16.6 Å². The molecule has 0 radical (unpaired) electrons. The van der Waals surface area contributed by atoms with Gasteiger partial charge in [0.2, 0.25) is 5.76 Å². The molecule has 0 spiro atoms. The van der Waals surface area contributed by atoms with Crippen molar-refractivity contribution >= 4 is 63.6 Å². The molecule has 6 nitrogen and oxygen atoms in total. The highest BCUT2D eigenvalue weighted by molar-refractivity contribution is 7.99. The maximum atomic E-state index is 13.0. The van der Waals surface area contributed by atoms with E-state index >= 15 is 0 Å². The van der Waals surface area contributed by atoms with Crippen molar-refractivity contribution in [1.29, 1.82) is 0 Å². The van der Waals surface area contributed by atoms with Crippen molar-refractivity contribution in [3.8, 4) is 0 Å². The summed E-state index contributed by atoms with van der Waals surface area (Å²) in [5, 5.41) is 4.56. The lowest BCUT2D eigenvalue weighted by atomic mass is 10.0. The number of fused-ring (bicyclic) bond motifs is 1. The predicted octanol–water partition coefficient (Wildman–Crippen LogP) is 6.88. The Morgan fingerprint density at radius 1 is 1.24 bits per heavy atom. The Kier molecular flexibility index (Phi) is 7.83. The topological polar surface area (TPSA) is 81.4 Å². The summed E-state index contributed by atoms with van der Waals surface area (Å²) in [7, 11) is 0. The van der Waals surface area contributed by atoms with Gasteiger partial charge in [-0.3, -0.25) is 4.79 Å². The minimum Gasteiger partial charge on any atom is -0.449 e. The van der Waals surface area contributed by atoms with Crippen molar-refractivity contribution in [2.24, 2.45) is 0 Å². The molecule has 1 aromatic carbocycles. The standard InChI is InChI=1S/C24H24Cl2N2O4S/c1-14(23(29)28-22-19(26)11-15(25)12-27-22)31-24(30)21-18(13-33-16-7-3-2-4-8-16)17-9-5-6-10-20(17)32-21/h5-6,9-12,14,16H,2-4,7-8,13H2,1H3,(H,27,28,29)/t14-/m1/s1. The monoisotopic (exact) mass is 506 g/mol. The minimum atomic E-state index is -1.09. The van der Waals surface area contributed by atoms with Gasteiger partial charge in [0, 0.05) is 28.1 Å². The van der Waals surface area contributed by atoms with E-state index in [1.807, 2.05) is 36.0 Å². The summed E-state index contributed by atoms with van der Waals surface area (Å²) in [6, 6.07) is 9.01. The molecule has 1 aliphatic carbocycles. The molecule has 33 heavy (non-hydrogen) atoms. The number of anilines is 1. The van der Waals surface area contributed by atoms with Crippen LogP contribution < -0.4 is 5.32 Å². The fraction of sp³-hybridized carbons (Fsp3) is 0.375. The van der Waals surface area contributed by atoms with Crippen LogP contribution in [0.5, 0.6) is 0 Å². The number of rotatable bonds is 7. The Labute approximate surface area is 206 Å².